The predicted molar refractivity (Wildman–Crippen MR) is 171 cm³/mol. The van der Waals surface area contributed by atoms with Crippen molar-refractivity contribution in [3.05, 3.63) is 66.5 Å². The molecule has 39 heavy (non-hydrogen) atoms. The van der Waals surface area contributed by atoms with Crippen LogP contribution in [-0.2, 0) is 11.2 Å². The van der Waals surface area contributed by atoms with Crippen LogP contribution < -0.4 is 5.32 Å². The Morgan fingerprint density at radius 1 is 0.744 bits per heavy atom. The molecule has 0 aliphatic heterocycles. The van der Waals surface area contributed by atoms with Crippen LogP contribution in [0.1, 0.15) is 83.3 Å². The Kier molecular flexibility index (Phi) is 13.5. The maximum atomic E-state index is 6.53. The highest BCUT2D eigenvalue weighted by atomic mass is 28.3. The summed E-state index contributed by atoms with van der Waals surface area (Å²) in [7, 11) is -1.72. The molecule has 0 saturated carbocycles. The molecular formula is C34H53N3OSi. The molecule has 0 amide bonds. The molecule has 5 heteroatoms. The van der Waals surface area contributed by atoms with Crippen molar-refractivity contribution in [2.24, 2.45) is 0 Å². The fourth-order valence-electron chi connectivity index (χ4n) is 5.31. The van der Waals surface area contributed by atoms with Crippen LogP contribution in [0.15, 0.2) is 60.7 Å². The summed E-state index contributed by atoms with van der Waals surface area (Å²) in [5.41, 5.74) is 4.64. The number of imidazole rings is 1. The van der Waals surface area contributed by atoms with E-state index in [0.29, 0.717) is 6.61 Å². The first-order valence-electron chi connectivity index (χ1n) is 15.5. The zero-order valence-electron chi connectivity index (χ0n) is 25.3. The van der Waals surface area contributed by atoms with E-state index in [1.54, 1.807) is 0 Å². The molecule has 3 aromatic rings. The Balaban J connectivity index is 1.76. The number of nitrogens with one attached hydrogen (secondary N) is 1. The Bertz CT molecular complexity index is 1060. The molecule has 1 aromatic heterocycles. The molecule has 2 aromatic carbocycles. The Labute approximate surface area is 239 Å². The lowest BCUT2D eigenvalue weighted by atomic mass is 10.0. The summed E-state index contributed by atoms with van der Waals surface area (Å²) < 4.78 is 9.01. The fraction of sp³-hybridized carbons (Fsp3) is 0.559. The smallest absolute Gasteiger partial charge is 0.120 e. The van der Waals surface area contributed by atoms with Crippen molar-refractivity contribution < 1.29 is 4.74 Å². The summed E-state index contributed by atoms with van der Waals surface area (Å²) in [5, 5.41) is 3.64. The molecule has 4 nitrogen and oxygen atoms in total. The van der Waals surface area contributed by atoms with Crippen molar-refractivity contribution in [2.45, 2.75) is 104 Å². The average Bonchev–Trinajstić information content (AvgIpc) is 3.31. The van der Waals surface area contributed by atoms with Crippen molar-refractivity contribution >= 4 is 8.07 Å². The van der Waals surface area contributed by atoms with Gasteiger partial charge in [0, 0.05) is 24.2 Å². The van der Waals surface area contributed by atoms with Gasteiger partial charge in [-0.2, -0.15) is 0 Å². The molecule has 1 heterocycles. The van der Waals surface area contributed by atoms with Gasteiger partial charge < -0.3 is 14.6 Å². The molecule has 0 fully saturated rings. The van der Waals surface area contributed by atoms with E-state index < -0.39 is 8.07 Å². The van der Waals surface area contributed by atoms with Crippen molar-refractivity contribution in [2.75, 3.05) is 19.7 Å². The number of aryl methyl sites for hydroxylation is 1. The molecule has 0 aliphatic rings. The van der Waals surface area contributed by atoms with E-state index in [9.17, 15) is 0 Å². The molecule has 214 valence electrons. The van der Waals surface area contributed by atoms with Crippen molar-refractivity contribution in [3.8, 4) is 22.5 Å². The van der Waals surface area contributed by atoms with Gasteiger partial charge in [0.05, 0.1) is 11.4 Å². The van der Waals surface area contributed by atoms with Gasteiger partial charge in [0.1, 0.15) is 19.7 Å². The van der Waals surface area contributed by atoms with Crippen LogP contribution in [0.3, 0.4) is 0 Å². The third-order valence-corrected chi connectivity index (χ3v) is 9.25. The lowest BCUT2D eigenvalue weighted by Crippen LogP contribution is -2.38. The highest BCUT2D eigenvalue weighted by Crippen LogP contribution is 2.38. The average molecular weight is 548 g/mol. The molecule has 3 rings (SSSR count). The second-order valence-electron chi connectivity index (χ2n) is 11.8. The largest absolute Gasteiger partial charge is 0.362 e. The van der Waals surface area contributed by atoms with E-state index in [-0.39, 0.29) is 5.85 Å². The molecule has 1 N–H and O–H groups in total. The number of aromatic nitrogens is 2. The number of benzene rings is 2. The summed E-state index contributed by atoms with van der Waals surface area (Å²) in [6.07, 6.45) is 12.6. The number of hydrogen-bond donors (Lipinski definition) is 1. The maximum absolute atomic E-state index is 6.53. The summed E-state index contributed by atoms with van der Waals surface area (Å²) in [4.78, 5) is 5.36. The molecule has 0 saturated heterocycles. The highest BCUT2D eigenvalue weighted by Gasteiger charge is 2.34. The number of unbranched alkanes of at least 4 members (excludes halogenated alkanes) is 7. The zero-order valence-corrected chi connectivity index (χ0v) is 26.3. The molecule has 0 radical (unpaired) electrons. The third kappa shape index (κ3) is 9.73. The Morgan fingerprint density at radius 3 is 1.87 bits per heavy atom. The number of nitrogens with zero attached hydrogens (tertiary/aromatic N) is 2. The quantitative estimate of drug-likeness (QED) is 0.120. The van der Waals surface area contributed by atoms with E-state index in [1.165, 1.54) is 80.6 Å². The summed E-state index contributed by atoms with van der Waals surface area (Å²) >= 11 is 0. The van der Waals surface area contributed by atoms with Crippen molar-refractivity contribution in [1.82, 2.24) is 14.9 Å². The molecule has 1 unspecified atom stereocenters. The molecule has 0 aliphatic carbocycles. The lowest BCUT2D eigenvalue weighted by Gasteiger charge is -2.32. The zero-order chi connectivity index (χ0) is 27.9. The topological polar surface area (TPSA) is 39.1 Å². The van der Waals surface area contributed by atoms with Gasteiger partial charge >= 0.3 is 0 Å². The summed E-state index contributed by atoms with van der Waals surface area (Å²) in [6, 6.07) is 21.5. The maximum Gasteiger partial charge on any atom is 0.120 e. The Morgan fingerprint density at radius 2 is 1.31 bits per heavy atom. The van der Waals surface area contributed by atoms with Gasteiger partial charge in [0.25, 0.3) is 0 Å². The van der Waals surface area contributed by atoms with Gasteiger partial charge in [0.2, 0.25) is 0 Å². The molecule has 0 spiro atoms. The van der Waals surface area contributed by atoms with Crippen LogP contribution >= 0.6 is 0 Å². The lowest BCUT2D eigenvalue weighted by molar-refractivity contribution is 0.0627. The second-order valence-corrected chi connectivity index (χ2v) is 17.1. The van der Waals surface area contributed by atoms with Gasteiger partial charge in [-0.05, 0) is 39.3 Å². The van der Waals surface area contributed by atoms with Gasteiger partial charge in [-0.1, -0.05) is 126 Å². The molecular weight excluding hydrogens is 494 g/mol. The van der Waals surface area contributed by atoms with E-state index in [2.05, 4.69) is 104 Å². The summed E-state index contributed by atoms with van der Waals surface area (Å²) in [6.45, 7) is 14.6. The van der Waals surface area contributed by atoms with E-state index in [4.69, 9.17) is 9.72 Å². The van der Waals surface area contributed by atoms with Gasteiger partial charge in [0.15, 0.2) is 0 Å². The Hall–Kier alpha value is -2.21. The summed E-state index contributed by atoms with van der Waals surface area (Å²) in [5.74, 6) is 1.21. The standard InChI is InChI=1S/C34H53N3OSi/c1-6-8-9-11-20-27-35-28-21-12-10-19-26-31-36-32(29-22-15-13-16-23-29)33(30-24-17-14-18-25-30)37(31)34(38-7-2)39(3,4)5/h13-18,22-25,34-35H,6-12,19-21,26-28H2,1-5H3. The first-order valence-corrected chi connectivity index (χ1v) is 19.1. The minimum Gasteiger partial charge on any atom is -0.362 e. The van der Waals surface area contributed by atoms with Gasteiger partial charge in [-0.25, -0.2) is 4.98 Å². The first-order chi connectivity index (χ1) is 19.0. The van der Waals surface area contributed by atoms with Crippen molar-refractivity contribution in [1.29, 1.82) is 0 Å². The number of rotatable bonds is 19. The molecule has 0 bridgehead atoms. The van der Waals surface area contributed by atoms with Gasteiger partial charge in [-0.15, -0.1) is 0 Å². The van der Waals surface area contributed by atoms with Crippen molar-refractivity contribution in [3.63, 3.8) is 0 Å². The van der Waals surface area contributed by atoms with Gasteiger partial charge in [-0.3, -0.25) is 0 Å². The van der Waals surface area contributed by atoms with Crippen LogP contribution in [0, 0.1) is 0 Å². The van der Waals surface area contributed by atoms with E-state index in [1.807, 2.05) is 0 Å². The highest BCUT2D eigenvalue weighted by molar-refractivity contribution is 6.76. The minimum atomic E-state index is -1.72. The van der Waals surface area contributed by atoms with Crippen LogP contribution in [0.25, 0.3) is 22.5 Å². The normalized spacial score (nSPS) is 12.6. The first kappa shape index (κ1) is 31.3. The minimum absolute atomic E-state index is 0.0409. The SMILES string of the molecule is CCCCCCCNCCCCCCc1nc(-c2ccccc2)c(-c2ccccc2)n1C(OCC)[Si](C)(C)C. The van der Waals surface area contributed by atoms with E-state index in [0.717, 1.165) is 25.1 Å². The predicted octanol–water partition coefficient (Wildman–Crippen LogP) is 9.29. The number of hydrogen-bond acceptors (Lipinski definition) is 3. The van der Waals surface area contributed by atoms with Crippen LogP contribution in [0.4, 0.5) is 0 Å². The monoisotopic (exact) mass is 547 g/mol. The molecule has 1 atom stereocenters. The number of ether oxygens (including phenoxy) is 1. The van der Waals surface area contributed by atoms with Crippen LogP contribution in [0.5, 0.6) is 0 Å². The van der Waals surface area contributed by atoms with E-state index >= 15 is 0 Å². The second kappa shape index (κ2) is 16.8. The third-order valence-electron chi connectivity index (χ3n) is 7.34. The van der Waals surface area contributed by atoms with Crippen LogP contribution in [-0.4, -0.2) is 37.3 Å². The van der Waals surface area contributed by atoms with Crippen LogP contribution in [0.2, 0.25) is 19.6 Å². The fourth-order valence-corrected chi connectivity index (χ4v) is 7.03.